The Morgan fingerprint density at radius 1 is 1.00 bits per heavy atom. The van der Waals surface area contributed by atoms with Crippen LogP contribution in [-0.4, -0.2) is 31.8 Å². The quantitative estimate of drug-likeness (QED) is 0.918. The minimum absolute atomic E-state index is 0.0289. The fourth-order valence-corrected chi connectivity index (χ4v) is 3.34. The van der Waals surface area contributed by atoms with Crippen LogP contribution in [0.2, 0.25) is 0 Å². The highest BCUT2D eigenvalue weighted by Gasteiger charge is 2.21. The van der Waals surface area contributed by atoms with Gasteiger partial charge in [0.05, 0.1) is 19.3 Å². The minimum atomic E-state index is 0.0289. The largest absolute Gasteiger partial charge is 0.491 e. The van der Waals surface area contributed by atoms with Crippen LogP contribution in [-0.2, 0) is 17.6 Å². The van der Waals surface area contributed by atoms with Crippen molar-refractivity contribution in [3.05, 3.63) is 53.6 Å². The lowest BCUT2D eigenvalue weighted by Crippen LogP contribution is -2.42. The Hall–Kier alpha value is -2.69. The zero-order valence-electron chi connectivity index (χ0n) is 14.7. The van der Waals surface area contributed by atoms with Crippen molar-refractivity contribution in [3.8, 4) is 17.2 Å². The van der Waals surface area contributed by atoms with E-state index in [-0.39, 0.29) is 11.9 Å². The minimum Gasteiger partial charge on any atom is -0.491 e. The van der Waals surface area contributed by atoms with Gasteiger partial charge in [0.2, 0.25) is 5.91 Å². The molecule has 1 N–H and O–H groups in total. The number of hydrogen-bond acceptors (Lipinski definition) is 4. The summed E-state index contributed by atoms with van der Waals surface area (Å²) in [4.78, 5) is 12.3. The highest BCUT2D eigenvalue weighted by atomic mass is 16.5. The summed E-state index contributed by atoms with van der Waals surface area (Å²) in [6, 6.07) is 13.9. The van der Waals surface area contributed by atoms with E-state index < -0.39 is 0 Å². The SMILES string of the molecule is O=C(CCc1ccc2c(c1)OCCCO2)NC1COc2ccccc2C1. The van der Waals surface area contributed by atoms with Crippen LogP contribution >= 0.6 is 0 Å². The third-order valence-electron chi connectivity index (χ3n) is 4.70. The molecule has 0 radical (unpaired) electrons. The van der Waals surface area contributed by atoms with E-state index in [1.807, 2.05) is 42.5 Å². The number of fused-ring (bicyclic) bond motifs is 2. The first kappa shape index (κ1) is 16.8. The molecule has 5 nitrogen and oxygen atoms in total. The predicted molar refractivity (Wildman–Crippen MR) is 97.9 cm³/mol. The number of nitrogens with one attached hydrogen (secondary N) is 1. The topological polar surface area (TPSA) is 56.8 Å². The van der Waals surface area contributed by atoms with E-state index in [4.69, 9.17) is 14.2 Å². The summed E-state index contributed by atoms with van der Waals surface area (Å²) >= 11 is 0. The number of rotatable bonds is 4. The number of carbonyl (C=O) groups is 1. The Labute approximate surface area is 153 Å². The summed E-state index contributed by atoms with van der Waals surface area (Å²) in [5.74, 6) is 2.53. The van der Waals surface area contributed by atoms with Crippen LogP contribution in [0.1, 0.15) is 24.0 Å². The van der Waals surface area contributed by atoms with Gasteiger partial charge < -0.3 is 19.5 Å². The summed E-state index contributed by atoms with van der Waals surface area (Å²) in [6.45, 7) is 1.87. The van der Waals surface area contributed by atoms with Gasteiger partial charge in [0.1, 0.15) is 12.4 Å². The summed E-state index contributed by atoms with van der Waals surface area (Å²) in [5.41, 5.74) is 2.22. The van der Waals surface area contributed by atoms with Crippen LogP contribution in [0.25, 0.3) is 0 Å². The molecule has 136 valence electrons. The molecule has 1 atom stereocenters. The number of ether oxygens (including phenoxy) is 3. The maximum Gasteiger partial charge on any atom is 0.220 e. The summed E-state index contributed by atoms with van der Waals surface area (Å²) < 4.78 is 17.1. The lowest BCUT2D eigenvalue weighted by atomic mass is 10.0. The van der Waals surface area contributed by atoms with Gasteiger partial charge in [-0.05, 0) is 42.2 Å². The average molecular weight is 353 g/mol. The van der Waals surface area contributed by atoms with Crippen molar-refractivity contribution in [3.63, 3.8) is 0 Å². The molecule has 0 spiro atoms. The second-order valence-electron chi connectivity index (χ2n) is 6.72. The average Bonchev–Trinajstić information content (AvgIpc) is 2.91. The molecule has 0 bridgehead atoms. The molecule has 26 heavy (non-hydrogen) atoms. The van der Waals surface area contributed by atoms with Crippen LogP contribution in [0.5, 0.6) is 17.2 Å². The van der Waals surface area contributed by atoms with Gasteiger partial charge in [-0.2, -0.15) is 0 Å². The van der Waals surface area contributed by atoms with E-state index in [1.54, 1.807) is 0 Å². The van der Waals surface area contributed by atoms with Crippen LogP contribution < -0.4 is 19.5 Å². The predicted octanol–water partition coefficient (Wildman–Crippen LogP) is 2.90. The number of benzene rings is 2. The van der Waals surface area contributed by atoms with Crippen LogP contribution in [0, 0.1) is 0 Å². The van der Waals surface area contributed by atoms with E-state index in [0.717, 1.165) is 41.2 Å². The first-order valence-corrected chi connectivity index (χ1v) is 9.16. The number of aryl methyl sites for hydroxylation is 1. The van der Waals surface area contributed by atoms with Crippen LogP contribution in [0.15, 0.2) is 42.5 Å². The first-order valence-electron chi connectivity index (χ1n) is 9.16. The Morgan fingerprint density at radius 3 is 2.77 bits per heavy atom. The van der Waals surface area contributed by atoms with Crippen molar-refractivity contribution >= 4 is 5.91 Å². The Morgan fingerprint density at radius 2 is 1.85 bits per heavy atom. The lowest BCUT2D eigenvalue weighted by Gasteiger charge is -2.26. The van der Waals surface area contributed by atoms with E-state index in [9.17, 15) is 4.79 Å². The molecule has 2 heterocycles. The first-order chi connectivity index (χ1) is 12.8. The van der Waals surface area contributed by atoms with E-state index >= 15 is 0 Å². The summed E-state index contributed by atoms with van der Waals surface area (Å²) in [6.07, 6.45) is 2.81. The zero-order valence-corrected chi connectivity index (χ0v) is 14.7. The molecule has 4 rings (SSSR count). The van der Waals surface area contributed by atoms with Crippen molar-refractivity contribution in [1.82, 2.24) is 5.32 Å². The summed E-state index contributed by atoms with van der Waals surface area (Å²) in [5, 5.41) is 3.08. The van der Waals surface area contributed by atoms with Gasteiger partial charge >= 0.3 is 0 Å². The molecule has 1 unspecified atom stereocenters. The smallest absolute Gasteiger partial charge is 0.220 e. The van der Waals surface area contributed by atoms with E-state index in [2.05, 4.69) is 5.32 Å². The van der Waals surface area contributed by atoms with Gasteiger partial charge in [-0.15, -0.1) is 0 Å². The van der Waals surface area contributed by atoms with Gasteiger partial charge in [0.15, 0.2) is 11.5 Å². The highest BCUT2D eigenvalue weighted by Crippen LogP contribution is 2.30. The normalized spacial score (nSPS) is 18.2. The highest BCUT2D eigenvalue weighted by molar-refractivity contribution is 5.76. The molecule has 0 saturated carbocycles. The molecule has 0 fully saturated rings. The number of para-hydroxylation sites is 1. The molecule has 2 aliphatic heterocycles. The maximum absolute atomic E-state index is 12.3. The van der Waals surface area contributed by atoms with Gasteiger partial charge in [0, 0.05) is 12.8 Å². The molecule has 0 aliphatic carbocycles. The second-order valence-corrected chi connectivity index (χ2v) is 6.72. The zero-order chi connectivity index (χ0) is 17.8. The molecule has 0 aromatic heterocycles. The van der Waals surface area contributed by atoms with Gasteiger partial charge in [0.25, 0.3) is 0 Å². The molecule has 2 aromatic carbocycles. The third-order valence-corrected chi connectivity index (χ3v) is 4.70. The molecule has 1 amide bonds. The molecular weight excluding hydrogens is 330 g/mol. The Balaban J connectivity index is 1.30. The summed E-state index contributed by atoms with van der Waals surface area (Å²) in [7, 11) is 0. The van der Waals surface area contributed by atoms with Gasteiger partial charge in [-0.25, -0.2) is 0 Å². The van der Waals surface area contributed by atoms with Gasteiger partial charge in [-0.3, -0.25) is 4.79 Å². The van der Waals surface area contributed by atoms with Crippen LogP contribution in [0.4, 0.5) is 0 Å². The van der Waals surface area contributed by atoms with Crippen molar-refractivity contribution in [2.24, 2.45) is 0 Å². The molecule has 5 heteroatoms. The number of carbonyl (C=O) groups excluding carboxylic acids is 1. The van der Waals surface area contributed by atoms with Crippen LogP contribution in [0.3, 0.4) is 0 Å². The van der Waals surface area contributed by atoms with Gasteiger partial charge in [-0.1, -0.05) is 24.3 Å². The molecule has 0 saturated heterocycles. The Bertz CT molecular complexity index is 789. The number of hydrogen-bond donors (Lipinski definition) is 1. The molecule has 2 aromatic rings. The Kier molecular flexibility index (Phi) is 4.95. The second kappa shape index (κ2) is 7.68. The van der Waals surface area contributed by atoms with E-state index in [1.165, 1.54) is 0 Å². The molecular formula is C21H23NO4. The van der Waals surface area contributed by atoms with Crippen molar-refractivity contribution < 1.29 is 19.0 Å². The number of amides is 1. The third kappa shape index (κ3) is 3.93. The monoisotopic (exact) mass is 353 g/mol. The van der Waals surface area contributed by atoms with Crippen molar-refractivity contribution in [1.29, 1.82) is 0 Å². The standard InChI is InChI=1S/C21H23NO4/c23-21(22-17-13-16-4-1-2-5-18(16)26-14-17)9-7-15-6-8-19-20(12-15)25-11-3-10-24-19/h1-2,4-6,8,12,17H,3,7,9-11,13-14H2,(H,22,23). The fraction of sp³-hybridized carbons (Fsp3) is 0.381. The van der Waals surface area contributed by atoms with Crippen molar-refractivity contribution in [2.45, 2.75) is 31.7 Å². The maximum atomic E-state index is 12.3. The van der Waals surface area contributed by atoms with E-state index in [0.29, 0.717) is 32.7 Å². The fourth-order valence-electron chi connectivity index (χ4n) is 3.34. The molecule has 2 aliphatic rings. The lowest BCUT2D eigenvalue weighted by molar-refractivity contribution is -0.122. The van der Waals surface area contributed by atoms with Crippen molar-refractivity contribution in [2.75, 3.05) is 19.8 Å².